The van der Waals surface area contributed by atoms with Gasteiger partial charge < -0.3 is 15.2 Å². The molecule has 1 heterocycles. The minimum absolute atomic E-state index is 0.0715. The van der Waals surface area contributed by atoms with Crippen molar-refractivity contribution in [2.24, 2.45) is 0 Å². The van der Waals surface area contributed by atoms with Gasteiger partial charge in [-0.15, -0.1) is 11.3 Å². The van der Waals surface area contributed by atoms with Crippen LogP contribution in [0.5, 0.6) is 0 Å². The zero-order valence-corrected chi connectivity index (χ0v) is 17.5. The molecule has 0 fully saturated rings. The number of hydrogen-bond donors (Lipinski definition) is 2. The van der Waals surface area contributed by atoms with E-state index in [1.165, 1.54) is 11.3 Å². The molecule has 3 aromatic rings. The molecule has 30 heavy (non-hydrogen) atoms. The summed E-state index contributed by atoms with van der Waals surface area (Å²) in [4.78, 5) is 29.2. The summed E-state index contributed by atoms with van der Waals surface area (Å²) in [5.74, 6) is -1.17. The SMILES string of the molecule is Cc1nc(C)c(CC(NC(=O)OCC2c3ccccc3-c3ccccc32)C(=O)O)s1. The first kappa shape index (κ1) is 20.1. The molecule has 0 bridgehead atoms. The van der Waals surface area contributed by atoms with E-state index in [1.54, 1.807) is 0 Å². The molecular weight excluding hydrogens is 400 g/mol. The number of nitrogens with zero attached hydrogens (tertiary/aromatic N) is 1. The minimum atomic E-state index is -1.10. The summed E-state index contributed by atoms with van der Waals surface area (Å²) in [5.41, 5.74) is 5.29. The zero-order valence-electron chi connectivity index (χ0n) is 16.7. The topological polar surface area (TPSA) is 88.5 Å². The second kappa shape index (κ2) is 8.28. The Hall–Kier alpha value is -3.19. The Morgan fingerprint density at radius 3 is 2.23 bits per heavy atom. The number of amides is 1. The first-order chi connectivity index (χ1) is 14.4. The standard InChI is InChI=1S/C23H22N2O4S/c1-13-21(30-14(2)24-13)11-20(22(26)27)25-23(28)29-12-19-17-9-5-3-7-15(17)16-8-4-6-10-18(16)19/h3-10,19-20H,11-12H2,1-2H3,(H,25,28)(H,26,27). The van der Waals surface area contributed by atoms with E-state index in [-0.39, 0.29) is 18.9 Å². The fourth-order valence-electron chi connectivity index (χ4n) is 3.93. The van der Waals surface area contributed by atoms with Gasteiger partial charge in [-0.3, -0.25) is 0 Å². The maximum Gasteiger partial charge on any atom is 0.407 e. The zero-order chi connectivity index (χ0) is 21.3. The van der Waals surface area contributed by atoms with Crippen molar-refractivity contribution in [3.63, 3.8) is 0 Å². The highest BCUT2D eigenvalue weighted by Gasteiger charge is 2.30. The van der Waals surface area contributed by atoms with Crippen molar-refractivity contribution in [2.45, 2.75) is 32.2 Å². The number of ether oxygens (including phenoxy) is 1. The number of carboxylic acids is 1. The lowest BCUT2D eigenvalue weighted by molar-refractivity contribution is -0.139. The van der Waals surface area contributed by atoms with Gasteiger partial charge in [0.2, 0.25) is 0 Å². The fraction of sp³-hybridized carbons (Fsp3) is 0.261. The van der Waals surface area contributed by atoms with E-state index in [0.717, 1.165) is 37.8 Å². The van der Waals surface area contributed by atoms with Crippen LogP contribution in [0.1, 0.15) is 32.6 Å². The van der Waals surface area contributed by atoms with Gasteiger partial charge in [-0.05, 0) is 36.1 Å². The van der Waals surface area contributed by atoms with Gasteiger partial charge in [0.25, 0.3) is 0 Å². The summed E-state index contributed by atoms with van der Waals surface area (Å²) in [7, 11) is 0. The van der Waals surface area contributed by atoms with Crippen LogP contribution in [0.2, 0.25) is 0 Å². The highest BCUT2D eigenvalue weighted by atomic mass is 32.1. The number of aliphatic carboxylic acids is 1. The number of carbonyl (C=O) groups is 2. The second-order valence-electron chi connectivity index (χ2n) is 7.31. The average molecular weight is 423 g/mol. The molecule has 154 valence electrons. The first-order valence-electron chi connectivity index (χ1n) is 9.71. The lowest BCUT2D eigenvalue weighted by atomic mass is 9.98. The van der Waals surface area contributed by atoms with Crippen LogP contribution in [-0.2, 0) is 16.0 Å². The summed E-state index contributed by atoms with van der Waals surface area (Å²) in [6.45, 7) is 3.85. The lowest BCUT2D eigenvalue weighted by Crippen LogP contribution is -2.42. The quantitative estimate of drug-likeness (QED) is 0.619. The molecule has 4 rings (SSSR count). The maximum absolute atomic E-state index is 12.4. The van der Waals surface area contributed by atoms with Crippen LogP contribution in [0.4, 0.5) is 4.79 Å². The Kier molecular flexibility index (Phi) is 5.55. The van der Waals surface area contributed by atoms with E-state index in [2.05, 4.69) is 22.4 Å². The molecule has 2 N–H and O–H groups in total. The summed E-state index contributed by atoms with van der Waals surface area (Å²) in [6, 6.07) is 15.1. The van der Waals surface area contributed by atoms with Gasteiger partial charge in [-0.25, -0.2) is 14.6 Å². The fourth-order valence-corrected chi connectivity index (χ4v) is 4.91. The number of aryl methyl sites for hydroxylation is 2. The molecule has 1 aliphatic carbocycles. The predicted octanol–water partition coefficient (Wildman–Crippen LogP) is 4.29. The smallest absolute Gasteiger partial charge is 0.407 e. The number of aromatic nitrogens is 1. The van der Waals surface area contributed by atoms with Crippen molar-refractivity contribution >= 4 is 23.4 Å². The molecule has 0 aliphatic heterocycles. The molecule has 0 radical (unpaired) electrons. The number of carboxylic acid groups (broad SMARTS) is 1. The van der Waals surface area contributed by atoms with Crippen LogP contribution in [0.15, 0.2) is 48.5 Å². The Balaban J connectivity index is 1.44. The third kappa shape index (κ3) is 3.93. The minimum Gasteiger partial charge on any atom is -0.480 e. The van der Waals surface area contributed by atoms with E-state index >= 15 is 0 Å². The molecule has 1 aliphatic rings. The number of alkyl carbamates (subject to hydrolysis) is 1. The molecule has 0 spiro atoms. The van der Waals surface area contributed by atoms with Gasteiger partial charge in [-0.1, -0.05) is 48.5 Å². The normalized spacial score (nSPS) is 13.4. The molecule has 1 amide bonds. The molecule has 2 aromatic carbocycles. The summed E-state index contributed by atoms with van der Waals surface area (Å²) >= 11 is 1.44. The van der Waals surface area contributed by atoms with Crippen LogP contribution in [-0.4, -0.2) is 34.8 Å². The highest BCUT2D eigenvalue weighted by Crippen LogP contribution is 2.44. The van der Waals surface area contributed by atoms with Crippen LogP contribution < -0.4 is 5.32 Å². The number of rotatable bonds is 6. The number of fused-ring (bicyclic) bond motifs is 3. The number of thiazole rings is 1. The van der Waals surface area contributed by atoms with Gasteiger partial charge in [-0.2, -0.15) is 0 Å². The summed E-state index contributed by atoms with van der Waals surface area (Å²) in [6.07, 6.45) is -0.556. The molecule has 1 atom stereocenters. The van der Waals surface area contributed by atoms with E-state index in [0.29, 0.717) is 0 Å². The molecule has 7 heteroatoms. The Morgan fingerprint density at radius 2 is 1.70 bits per heavy atom. The van der Waals surface area contributed by atoms with Crippen molar-refractivity contribution in [1.82, 2.24) is 10.3 Å². The number of benzene rings is 2. The molecule has 0 saturated heterocycles. The second-order valence-corrected chi connectivity index (χ2v) is 8.59. The van der Waals surface area contributed by atoms with E-state index < -0.39 is 18.1 Å². The molecule has 1 aromatic heterocycles. The van der Waals surface area contributed by atoms with Crippen molar-refractivity contribution in [2.75, 3.05) is 6.61 Å². The third-order valence-corrected chi connectivity index (χ3v) is 6.42. The van der Waals surface area contributed by atoms with Crippen molar-refractivity contribution in [3.05, 3.63) is 75.2 Å². The molecular formula is C23H22N2O4S. The van der Waals surface area contributed by atoms with Gasteiger partial charge in [0.15, 0.2) is 0 Å². The van der Waals surface area contributed by atoms with Crippen LogP contribution in [0.25, 0.3) is 11.1 Å². The Bertz CT molecular complexity index is 1060. The highest BCUT2D eigenvalue weighted by molar-refractivity contribution is 7.11. The van der Waals surface area contributed by atoms with Gasteiger partial charge in [0, 0.05) is 17.2 Å². The average Bonchev–Trinajstić information content (AvgIpc) is 3.22. The van der Waals surface area contributed by atoms with Crippen LogP contribution >= 0.6 is 11.3 Å². The predicted molar refractivity (Wildman–Crippen MR) is 115 cm³/mol. The lowest BCUT2D eigenvalue weighted by Gasteiger charge is -2.17. The van der Waals surface area contributed by atoms with Crippen molar-refractivity contribution in [1.29, 1.82) is 0 Å². The van der Waals surface area contributed by atoms with Gasteiger partial charge in [0.1, 0.15) is 12.6 Å². The Morgan fingerprint density at radius 1 is 1.10 bits per heavy atom. The van der Waals surface area contributed by atoms with Crippen LogP contribution in [0.3, 0.4) is 0 Å². The van der Waals surface area contributed by atoms with Crippen molar-refractivity contribution in [3.8, 4) is 11.1 Å². The summed E-state index contributed by atoms with van der Waals surface area (Å²) in [5, 5.41) is 12.9. The van der Waals surface area contributed by atoms with Gasteiger partial charge >= 0.3 is 12.1 Å². The van der Waals surface area contributed by atoms with E-state index in [4.69, 9.17) is 4.74 Å². The largest absolute Gasteiger partial charge is 0.480 e. The Labute approximate surface area is 178 Å². The summed E-state index contributed by atoms with van der Waals surface area (Å²) < 4.78 is 5.47. The number of hydrogen-bond acceptors (Lipinski definition) is 5. The monoisotopic (exact) mass is 422 g/mol. The third-order valence-electron chi connectivity index (χ3n) is 5.32. The molecule has 0 saturated carbocycles. The van der Waals surface area contributed by atoms with E-state index in [9.17, 15) is 14.7 Å². The first-order valence-corrected chi connectivity index (χ1v) is 10.5. The molecule has 6 nitrogen and oxygen atoms in total. The van der Waals surface area contributed by atoms with Gasteiger partial charge in [0.05, 0.1) is 10.7 Å². The number of nitrogens with one attached hydrogen (secondary N) is 1. The molecule has 1 unspecified atom stereocenters. The van der Waals surface area contributed by atoms with E-state index in [1.807, 2.05) is 50.2 Å². The van der Waals surface area contributed by atoms with Crippen LogP contribution in [0, 0.1) is 13.8 Å². The van der Waals surface area contributed by atoms with Crippen molar-refractivity contribution < 1.29 is 19.4 Å². The number of carbonyl (C=O) groups excluding carboxylic acids is 1. The maximum atomic E-state index is 12.4.